The van der Waals surface area contributed by atoms with Crippen LogP contribution in [0.1, 0.15) is 13.3 Å². The molecule has 1 rings (SSSR count). The summed E-state index contributed by atoms with van der Waals surface area (Å²) in [6.45, 7) is 1.59. The second-order valence-electron chi connectivity index (χ2n) is 2.51. The molecule has 1 aromatic rings. The van der Waals surface area contributed by atoms with Crippen LogP contribution in [0.3, 0.4) is 0 Å². The van der Waals surface area contributed by atoms with Gasteiger partial charge in [0.2, 0.25) is 5.88 Å². The topological polar surface area (TPSA) is 80.9 Å². The first kappa shape index (κ1) is 10.2. The Kier molecular flexibility index (Phi) is 2.85. The van der Waals surface area contributed by atoms with Gasteiger partial charge in [-0.25, -0.2) is 4.79 Å². The molecule has 0 saturated carbocycles. The van der Waals surface area contributed by atoms with Crippen molar-refractivity contribution in [3.05, 3.63) is 6.07 Å². The Balaban J connectivity index is 2.96. The Hall–Kier alpha value is -1.85. The normalized spacial score (nSPS) is 9.86. The first-order valence-corrected chi connectivity index (χ1v) is 3.99. The fourth-order valence-electron chi connectivity index (χ4n) is 0.856. The van der Waals surface area contributed by atoms with E-state index < -0.39 is 17.7 Å². The van der Waals surface area contributed by atoms with Crippen molar-refractivity contribution >= 4 is 5.97 Å². The molecule has 0 saturated heterocycles. The van der Waals surface area contributed by atoms with Crippen molar-refractivity contribution < 1.29 is 24.6 Å². The molecule has 6 heteroatoms. The Morgan fingerprint density at radius 2 is 2.21 bits per heavy atom. The summed E-state index contributed by atoms with van der Waals surface area (Å²) in [4.78, 5) is 15.5. The fraction of sp³-hybridized carbons (Fsp3) is 0.375. The van der Waals surface area contributed by atoms with Crippen LogP contribution in [0.15, 0.2) is 6.07 Å². The van der Waals surface area contributed by atoms with Gasteiger partial charge in [0.25, 0.3) is 5.88 Å². The number of carbonyl (C=O) groups is 1. The molecule has 1 aromatic heterocycles. The highest BCUT2D eigenvalue weighted by atomic mass is 16.7. The summed E-state index contributed by atoms with van der Waals surface area (Å²) in [6, 6.07) is 1.14. The van der Waals surface area contributed by atoms with Gasteiger partial charge in [0.15, 0.2) is 5.75 Å². The standard InChI is InChI=1S/C8H11NO5/c1-3-7(11)14-9-6(10)4-5(13-2)8(9)12/h4,10,12H,3H2,1-2H3. The third kappa shape index (κ3) is 1.73. The van der Waals surface area contributed by atoms with Crippen molar-refractivity contribution in [3.8, 4) is 17.5 Å². The largest absolute Gasteiger partial charge is 0.492 e. The van der Waals surface area contributed by atoms with Crippen LogP contribution in [0.5, 0.6) is 17.5 Å². The average Bonchev–Trinajstić information content (AvgIpc) is 2.44. The van der Waals surface area contributed by atoms with Gasteiger partial charge in [-0.3, -0.25) is 0 Å². The van der Waals surface area contributed by atoms with Gasteiger partial charge in [0, 0.05) is 12.5 Å². The molecule has 0 unspecified atom stereocenters. The van der Waals surface area contributed by atoms with Crippen molar-refractivity contribution in [2.24, 2.45) is 0 Å². The minimum absolute atomic E-state index is 0.0337. The first-order valence-electron chi connectivity index (χ1n) is 3.99. The van der Waals surface area contributed by atoms with Gasteiger partial charge in [-0.15, -0.1) is 4.73 Å². The maximum Gasteiger partial charge on any atom is 0.332 e. The lowest BCUT2D eigenvalue weighted by Crippen LogP contribution is -2.17. The average molecular weight is 201 g/mol. The van der Waals surface area contributed by atoms with E-state index in [9.17, 15) is 15.0 Å². The number of ether oxygens (including phenoxy) is 1. The lowest BCUT2D eigenvalue weighted by Gasteiger charge is -2.05. The summed E-state index contributed by atoms with van der Waals surface area (Å²) in [5, 5.41) is 18.6. The highest BCUT2D eigenvalue weighted by Crippen LogP contribution is 2.32. The lowest BCUT2D eigenvalue weighted by atomic mass is 10.5. The predicted molar refractivity (Wildman–Crippen MR) is 46.2 cm³/mol. The molecule has 0 aromatic carbocycles. The summed E-state index contributed by atoms with van der Waals surface area (Å²) in [7, 11) is 1.32. The molecule has 0 bridgehead atoms. The van der Waals surface area contributed by atoms with Crippen LogP contribution in [-0.4, -0.2) is 28.0 Å². The number of aromatic nitrogens is 1. The molecular formula is C8H11NO5. The molecule has 0 fully saturated rings. The predicted octanol–water partition coefficient (Wildman–Crippen LogP) is 0.273. The summed E-state index contributed by atoms with van der Waals surface area (Å²) < 4.78 is 5.30. The molecule has 6 nitrogen and oxygen atoms in total. The zero-order valence-corrected chi connectivity index (χ0v) is 7.85. The van der Waals surface area contributed by atoms with Crippen LogP contribution in [0.25, 0.3) is 0 Å². The zero-order chi connectivity index (χ0) is 10.7. The number of rotatable bonds is 3. The lowest BCUT2D eigenvalue weighted by molar-refractivity contribution is -0.145. The van der Waals surface area contributed by atoms with E-state index in [0.29, 0.717) is 4.73 Å². The van der Waals surface area contributed by atoms with Crippen LogP contribution in [0.4, 0.5) is 0 Å². The van der Waals surface area contributed by atoms with Gasteiger partial charge in [-0.05, 0) is 0 Å². The number of aromatic hydroxyl groups is 2. The monoisotopic (exact) mass is 201 g/mol. The van der Waals surface area contributed by atoms with E-state index in [2.05, 4.69) is 4.84 Å². The number of methoxy groups -OCH3 is 1. The number of hydrogen-bond donors (Lipinski definition) is 2. The molecule has 0 aliphatic rings. The van der Waals surface area contributed by atoms with Crippen molar-refractivity contribution in [3.63, 3.8) is 0 Å². The minimum Gasteiger partial charge on any atom is -0.492 e. The second-order valence-corrected chi connectivity index (χ2v) is 2.51. The van der Waals surface area contributed by atoms with Gasteiger partial charge in [0.05, 0.1) is 7.11 Å². The van der Waals surface area contributed by atoms with Gasteiger partial charge in [0.1, 0.15) is 0 Å². The quantitative estimate of drug-likeness (QED) is 0.733. The second kappa shape index (κ2) is 3.91. The van der Waals surface area contributed by atoms with Crippen LogP contribution < -0.4 is 9.57 Å². The fourth-order valence-corrected chi connectivity index (χ4v) is 0.856. The van der Waals surface area contributed by atoms with Crippen molar-refractivity contribution in [1.29, 1.82) is 0 Å². The Bertz CT molecular complexity index is 344. The number of carbonyl (C=O) groups excluding carboxylic acids is 1. The molecule has 0 radical (unpaired) electrons. The first-order chi connectivity index (χ1) is 6.60. The van der Waals surface area contributed by atoms with Crippen LogP contribution in [-0.2, 0) is 4.79 Å². The summed E-state index contributed by atoms with van der Waals surface area (Å²) in [5.74, 6) is -1.40. The Labute approximate surface area is 80.2 Å². The molecule has 0 amide bonds. The van der Waals surface area contributed by atoms with Gasteiger partial charge in [-0.1, -0.05) is 6.92 Å². The molecule has 14 heavy (non-hydrogen) atoms. The van der Waals surface area contributed by atoms with E-state index in [1.165, 1.54) is 7.11 Å². The van der Waals surface area contributed by atoms with E-state index in [4.69, 9.17) is 4.74 Å². The zero-order valence-electron chi connectivity index (χ0n) is 7.85. The SMILES string of the molecule is CCC(=O)On1c(O)cc(OC)c1O. The maximum absolute atomic E-state index is 10.9. The molecule has 78 valence electrons. The van der Waals surface area contributed by atoms with Crippen molar-refractivity contribution in [1.82, 2.24) is 4.73 Å². The molecule has 0 atom stereocenters. The smallest absolute Gasteiger partial charge is 0.332 e. The van der Waals surface area contributed by atoms with E-state index in [1.54, 1.807) is 6.92 Å². The minimum atomic E-state index is -0.575. The van der Waals surface area contributed by atoms with Gasteiger partial charge in [-0.2, -0.15) is 0 Å². The van der Waals surface area contributed by atoms with Crippen LogP contribution >= 0.6 is 0 Å². The van der Waals surface area contributed by atoms with Crippen molar-refractivity contribution in [2.75, 3.05) is 7.11 Å². The molecular weight excluding hydrogens is 190 g/mol. The van der Waals surface area contributed by atoms with Gasteiger partial charge < -0.3 is 19.8 Å². The third-order valence-corrected chi connectivity index (χ3v) is 1.58. The summed E-state index contributed by atoms with van der Waals surface area (Å²) in [5.41, 5.74) is 0. The van der Waals surface area contributed by atoms with E-state index in [-0.39, 0.29) is 12.2 Å². The highest BCUT2D eigenvalue weighted by molar-refractivity contribution is 5.69. The molecule has 0 spiro atoms. The van der Waals surface area contributed by atoms with Crippen LogP contribution in [0.2, 0.25) is 0 Å². The maximum atomic E-state index is 10.9. The van der Waals surface area contributed by atoms with Crippen LogP contribution in [0, 0.1) is 0 Å². The van der Waals surface area contributed by atoms with Crippen molar-refractivity contribution in [2.45, 2.75) is 13.3 Å². The van der Waals surface area contributed by atoms with E-state index in [1.807, 2.05) is 0 Å². The van der Waals surface area contributed by atoms with E-state index in [0.717, 1.165) is 6.07 Å². The van der Waals surface area contributed by atoms with Gasteiger partial charge >= 0.3 is 5.97 Å². The highest BCUT2D eigenvalue weighted by Gasteiger charge is 2.17. The Morgan fingerprint density at radius 1 is 1.57 bits per heavy atom. The Morgan fingerprint density at radius 3 is 2.64 bits per heavy atom. The number of nitrogens with zero attached hydrogens (tertiary/aromatic N) is 1. The molecule has 2 N–H and O–H groups in total. The molecule has 0 aliphatic heterocycles. The summed E-state index contributed by atoms with van der Waals surface area (Å²) in [6.07, 6.45) is 0.138. The number of hydrogen-bond acceptors (Lipinski definition) is 5. The third-order valence-electron chi connectivity index (χ3n) is 1.58. The molecule has 1 heterocycles. The van der Waals surface area contributed by atoms with E-state index >= 15 is 0 Å². The molecule has 0 aliphatic carbocycles. The summed E-state index contributed by atoms with van der Waals surface area (Å²) >= 11 is 0.